The van der Waals surface area contributed by atoms with Gasteiger partial charge in [0.15, 0.2) is 5.41 Å². The standard InChI is InChI=1S/C7H9NO3/c1-2-4-3-7(4,5(8)9)6(10)11/h2,4H,1,3H2,(H2,8,9)(H,10,11)/t4-,7+/m1/s1. The summed E-state index contributed by atoms with van der Waals surface area (Å²) in [5.74, 6) is -2.19. The zero-order chi connectivity index (χ0) is 8.65. The van der Waals surface area contributed by atoms with E-state index < -0.39 is 17.3 Å². The lowest BCUT2D eigenvalue weighted by molar-refractivity contribution is -0.148. The van der Waals surface area contributed by atoms with Gasteiger partial charge in [0.05, 0.1) is 0 Å². The Hall–Kier alpha value is -1.32. The van der Waals surface area contributed by atoms with Crippen molar-refractivity contribution in [2.75, 3.05) is 0 Å². The molecule has 1 amide bonds. The second kappa shape index (κ2) is 2.08. The zero-order valence-corrected chi connectivity index (χ0v) is 5.91. The highest BCUT2D eigenvalue weighted by Gasteiger charge is 2.63. The number of primary amides is 1. The van der Waals surface area contributed by atoms with E-state index in [-0.39, 0.29) is 5.92 Å². The molecule has 1 fully saturated rings. The molecule has 60 valence electrons. The van der Waals surface area contributed by atoms with Gasteiger partial charge in [-0.2, -0.15) is 0 Å². The number of nitrogens with two attached hydrogens (primary N) is 1. The molecule has 4 heteroatoms. The van der Waals surface area contributed by atoms with Gasteiger partial charge in [0.25, 0.3) is 0 Å². The van der Waals surface area contributed by atoms with Crippen molar-refractivity contribution in [3.63, 3.8) is 0 Å². The number of carboxylic acids is 1. The lowest BCUT2D eigenvalue weighted by Gasteiger charge is -2.03. The Kier molecular flexibility index (Phi) is 1.47. The summed E-state index contributed by atoms with van der Waals surface area (Å²) in [6, 6.07) is 0. The predicted molar refractivity (Wildman–Crippen MR) is 37.6 cm³/mol. The van der Waals surface area contributed by atoms with E-state index in [4.69, 9.17) is 10.8 Å². The summed E-state index contributed by atoms with van der Waals surface area (Å²) in [7, 11) is 0. The molecule has 0 aromatic rings. The molecular formula is C7H9NO3. The molecule has 0 aromatic carbocycles. The number of carboxylic acid groups (broad SMARTS) is 1. The Morgan fingerprint density at radius 3 is 2.36 bits per heavy atom. The molecule has 0 bridgehead atoms. The Morgan fingerprint density at radius 1 is 1.73 bits per heavy atom. The van der Waals surface area contributed by atoms with E-state index in [1.165, 1.54) is 6.08 Å². The first-order valence-electron chi connectivity index (χ1n) is 3.21. The number of carbonyl (C=O) groups is 2. The minimum atomic E-state index is -1.35. The van der Waals surface area contributed by atoms with Crippen molar-refractivity contribution in [2.24, 2.45) is 17.1 Å². The molecule has 0 heterocycles. The molecular weight excluding hydrogens is 146 g/mol. The summed E-state index contributed by atoms with van der Waals surface area (Å²) in [5, 5.41) is 8.63. The Balaban J connectivity index is 2.87. The van der Waals surface area contributed by atoms with Crippen LogP contribution in [0, 0.1) is 11.3 Å². The van der Waals surface area contributed by atoms with Crippen molar-refractivity contribution < 1.29 is 14.7 Å². The molecule has 1 aliphatic carbocycles. The minimum absolute atomic E-state index is 0.280. The largest absolute Gasteiger partial charge is 0.480 e. The molecule has 11 heavy (non-hydrogen) atoms. The topological polar surface area (TPSA) is 80.4 Å². The highest BCUT2D eigenvalue weighted by atomic mass is 16.4. The average molecular weight is 155 g/mol. The number of hydrogen-bond donors (Lipinski definition) is 2. The molecule has 0 unspecified atom stereocenters. The SMILES string of the molecule is C=C[C@@H]1C[C@]1(C(N)=O)C(=O)O. The van der Waals surface area contributed by atoms with Crippen LogP contribution < -0.4 is 5.73 Å². The third-order valence-electron chi connectivity index (χ3n) is 2.12. The van der Waals surface area contributed by atoms with E-state index in [0.717, 1.165) is 0 Å². The molecule has 0 saturated heterocycles. The first-order chi connectivity index (χ1) is 5.05. The number of amides is 1. The highest BCUT2D eigenvalue weighted by Crippen LogP contribution is 2.53. The van der Waals surface area contributed by atoms with Crippen LogP contribution in [0.4, 0.5) is 0 Å². The van der Waals surface area contributed by atoms with Gasteiger partial charge in [-0.3, -0.25) is 9.59 Å². The molecule has 0 aliphatic heterocycles. The maximum atomic E-state index is 10.7. The number of carbonyl (C=O) groups excluding carboxylic acids is 1. The van der Waals surface area contributed by atoms with Crippen LogP contribution in [-0.4, -0.2) is 17.0 Å². The summed E-state index contributed by atoms with van der Waals surface area (Å²) in [4.78, 5) is 21.2. The van der Waals surface area contributed by atoms with Crippen LogP contribution in [0.3, 0.4) is 0 Å². The Labute approximate surface area is 63.7 Å². The van der Waals surface area contributed by atoms with E-state index in [0.29, 0.717) is 6.42 Å². The van der Waals surface area contributed by atoms with Crippen molar-refractivity contribution in [1.29, 1.82) is 0 Å². The minimum Gasteiger partial charge on any atom is -0.480 e. The Morgan fingerprint density at radius 2 is 2.27 bits per heavy atom. The molecule has 0 aromatic heterocycles. The van der Waals surface area contributed by atoms with Gasteiger partial charge < -0.3 is 10.8 Å². The number of rotatable bonds is 3. The van der Waals surface area contributed by atoms with Crippen LogP contribution in [0.5, 0.6) is 0 Å². The Bertz CT molecular complexity index is 220. The van der Waals surface area contributed by atoms with Gasteiger partial charge in [0.1, 0.15) is 0 Å². The molecule has 4 nitrogen and oxygen atoms in total. The van der Waals surface area contributed by atoms with Crippen molar-refractivity contribution in [1.82, 2.24) is 0 Å². The number of allylic oxidation sites excluding steroid dienone is 1. The normalized spacial score (nSPS) is 34.4. The fraction of sp³-hybridized carbons (Fsp3) is 0.429. The van der Waals surface area contributed by atoms with Crippen molar-refractivity contribution in [3.05, 3.63) is 12.7 Å². The van der Waals surface area contributed by atoms with Gasteiger partial charge in [0.2, 0.25) is 5.91 Å². The lowest BCUT2D eigenvalue weighted by Crippen LogP contribution is -2.33. The van der Waals surface area contributed by atoms with Gasteiger partial charge in [-0.25, -0.2) is 0 Å². The van der Waals surface area contributed by atoms with Gasteiger partial charge in [-0.05, 0) is 6.42 Å². The summed E-state index contributed by atoms with van der Waals surface area (Å²) < 4.78 is 0. The number of hydrogen-bond acceptors (Lipinski definition) is 2. The van der Waals surface area contributed by atoms with Crippen LogP contribution in [0.1, 0.15) is 6.42 Å². The van der Waals surface area contributed by atoms with Crippen LogP contribution in [0.2, 0.25) is 0 Å². The van der Waals surface area contributed by atoms with E-state index in [1.54, 1.807) is 0 Å². The fourth-order valence-electron chi connectivity index (χ4n) is 1.21. The molecule has 0 radical (unpaired) electrons. The quantitative estimate of drug-likeness (QED) is 0.435. The van der Waals surface area contributed by atoms with Crippen LogP contribution >= 0.6 is 0 Å². The summed E-state index contributed by atoms with van der Waals surface area (Å²) in [6.07, 6.45) is 1.75. The van der Waals surface area contributed by atoms with Crippen molar-refractivity contribution in [3.8, 4) is 0 Å². The monoisotopic (exact) mass is 155 g/mol. The molecule has 2 atom stereocenters. The van der Waals surface area contributed by atoms with Gasteiger partial charge in [0, 0.05) is 5.92 Å². The fourth-order valence-corrected chi connectivity index (χ4v) is 1.21. The lowest BCUT2D eigenvalue weighted by atomic mass is 10.0. The van der Waals surface area contributed by atoms with Crippen molar-refractivity contribution >= 4 is 11.9 Å². The molecule has 0 spiro atoms. The first-order valence-corrected chi connectivity index (χ1v) is 3.21. The molecule has 1 saturated carbocycles. The van der Waals surface area contributed by atoms with Gasteiger partial charge in [-0.1, -0.05) is 6.08 Å². The zero-order valence-electron chi connectivity index (χ0n) is 5.91. The van der Waals surface area contributed by atoms with Gasteiger partial charge in [-0.15, -0.1) is 6.58 Å². The molecule has 1 rings (SSSR count). The predicted octanol–water partition coefficient (Wildman–Crippen LogP) is -0.251. The maximum absolute atomic E-state index is 10.7. The second-order valence-electron chi connectivity index (χ2n) is 2.69. The summed E-state index contributed by atoms with van der Waals surface area (Å²) in [6.45, 7) is 3.41. The summed E-state index contributed by atoms with van der Waals surface area (Å²) >= 11 is 0. The summed E-state index contributed by atoms with van der Waals surface area (Å²) in [5.41, 5.74) is 3.59. The van der Waals surface area contributed by atoms with Gasteiger partial charge >= 0.3 is 5.97 Å². The van der Waals surface area contributed by atoms with Crippen LogP contribution in [-0.2, 0) is 9.59 Å². The van der Waals surface area contributed by atoms with E-state index in [9.17, 15) is 9.59 Å². The smallest absolute Gasteiger partial charge is 0.319 e. The van der Waals surface area contributed by atoms with Crippen LogP contribution in [0.15, 0.2) is 12.7 Å². The number of aliphatic carboxylic acids is 1. The van der Waals surface area contributed by atoms with Crippen LogP contribution in [0.25, 0.3) is 0 Å². The maximum Gasteiger partial charge on any atom is 0.319 e. The molecule has 3 N–H and O–H groups in total. The average Bonchev–Trinajstić information content (AvgIpc) is 2.61. The third-order valence-corrected chi connectivity index (χ3v) is 2.12. The second-order valence-corrected chi connectivity index (χ2v) is 2.69. The molecule has 1 aliphatic rings. The van der Waals surface area contributed by atoms with E-state index in [1.807, 2.05) is 0 Å². The van der Waals surface area contributed by atoms with Crippen molar-refractivity contribution in [2.45, 2.75) is 6.42 Å². The van der Waals surface area contributed by atoms with E-state index >= 15 is 0 Å². The third kappa shape index (κ3) is 0.824. The van der Waals surface area contributed by atoms with E-state index in [2.05, 4.69) is 6.58 Å². The first kappa shape index (κ1) is 7.78. The highest BCUT2D eigenvalue weighted by molar-refractivity contribution is 6.05.